The molecule has 0 amide bonds. The van der Waals surface area contributed by atoms with Crippen LogP contribution in [0.3, 0.4) is 0 Å². The molecular weight excluding hydrogens is 242 g/mol. The van der Waals surface area contributed by atoms with E-state index in [0.717, 1.165) is 19.4 Å². The van der Waals surface area contributed by atoms with Gasteiger partial charge in [-0.2, -0.15) is 0 Å². The largest absolute Gasteiger partial charge is 0.483 e. The number of nitrogens with one attached hydrogen (secondary N) is 1. The second kappa shape index (κ2) is 22.3. The van der Waals surface area contributed by atoms with Crippen molar-refractivity contribution in [3.05, 3.63) is 0 Å². The normalized spacial score (nSPS) is 8.95. The third-order valence-electron chi connectivity index (χ3n) is 2.33. The lowest BCUT2D eigenvalue weighted by molar-refractivity contribution is -0.123. The van der Waals surface area contributed by atoms with Crippen LogP contribution < -0.4 is 5.32 Å². The van der Waals surface area contributed by atoms with Gasteiger partial charge in [0.15, 0.2) is 0 Å². The zero-order valence-electron chi connectivity index (χ0n) is 13.4. The lowest BCUT2D eigenvalue weighted by Crippen LogP contribution is -2.23. The molecule has 2 N–H and O–H groups in total. The molecule has 4 heteroatoms. The van der Waals surface area contributed by atoms with Crippen molar-refractivity contribution >= 4 is 12.3 Å². The van der Waals surface area contributed by atoms with Crippen molar-refractivity contribution in [3.8, 4) is 0 Å². The first-order valence-electron chi connectivity index (χ1n) is 7.41. The van der Waals surface area contributed by atoms with Crippen molar-refractivity contribution in [1.29, 1.82) is 0 Å². The highest BCUT2D eigenvalue weighted by atomic mass is 16.3. The first-order valence-corrected chi connectivity index (χ1v) is 7.41. The monoisotopic (exact) mass is 275 g/mol. The molecule has 0 saturated carbocycles. The first-order chi connectivity index (χ1) is 9.08. The van der Waals surface area contributed by atoms with Crippen LogP contribution >= 0.6 is 0 Å². The molecule has 19 heavy (non-hydrogen) atoms. The molecule has 0 radical (unpaired) electrons. The summed E-state index contributed by atoms with van der Waals surface area (Å²) in [4.78, 5) is 19.3. The Bertz CT molecular complexity index is 182. The topological polar surface area (TPSA) is 66.4 Å². The third-order valence-corrected chi connectivity index (χ3v) is 2.33. The molecule has 0 aliphatic heterocycles. The van der Waals surface area contributed by atoms with Crippen LogP contribution in [0.1, 0.15) is 73.1 Å². The fourth-order valence-electron chi connectivity index (χ4n) is 1.37. The van der Waals surface area contributed by atoms with Crippen molar-refractivity contribution in [2.24, 2.45) is 0 Å². The number of unbranched alkanes of at least 4 members (excludes halogenated alkanes) is 3. The van der Waals surface area contributed by atoms with Crippen LogP contribution in [0.15, 0.2) is 0 Å². The van der Waals surface area contributed by atoms with Crippen LogP contribution in [0.5, 0.6) is 0 Å². The zero-order chi connectivity index (χ0) is 15.5. The van der Waals surface area contributed by atoms with Crippen molar-refractivity contribution in [2.75, 3.05) is 6.54 Å². The van der Waals surface area contributed by atoms with E-state index >= 15 is 0 Å². The van der Waals surface area contributed by atoms with E-state index in [1.807, 2.05) is 20.8 Å². The summed E-state index contributed by atoms with van der Waals surface area (Å²) in [7, 11) is 0. The molecule has 0 rings (SSSR count). The molecule has 116 valence electrons. The number of Topliss-reactive ketones (excluding diaryl/α,β-unsaturated/α-hetero) is 1. The summed E-state index contributed by atoms with van der Waals surface area (Å²) in [5.74, 6) is 0.408. The Balaban J connectivity index is -0.000000445. The van der Waals surface area contributed by atoms with Gasteiger partial charge in [-0.1, -0.05) is 47.5 Å². The maximum Gasteiger partial charge on any atom is 0.290 e. The van der Waals surface area contributed by atoms with Gasteiger partial charge < -0.3 is 10.4 Å². The minimum absolute atomic E-state index is 0.250. The number of carbonyl (C=O) groups is 2. The van der Waals surface area contributed by atoms with Crippen molar-refractivity contribution in [3.63, 3.8) is 0 Å². The van der Waals surface area contributed by atoms with Crippen LogP contribution in [0, 0.1) is 0 Å². The number of rotatable bonds is 9. The second-order valence-corrected chi connectivity index (χ2v) is 4.27. The van der Waals surface area contributed by atoms with Crippen LogP contribution in [0.2, 0.25) is 0 Å². The number of ketones is 1. The summed E-state index contributed by atoms with van der Waals surface area (Å²) in [6.07, 6.45) is 6.25. The van der Waals surface area contributed by atoms with Gasteiger partial charge in [0.2, 0.25) is 0 Å². The number of carboxylic acid groups (broad SMARTS) is 1. The SMILES string of the molecule is CC.CCC(=O)CCCCCCNC(C)C.O=CO. The van der Waals surface area contributed by atoms with Gasteiger partial charge in [0.1, 0.15) is 5.78 Å². The number of carbonyl (C=O) groups excluding carboxylic acids is 1. The summed E-state index contributed by atoms with van der Waals surface area (Å²) < 4.78 is 0. The predicted octanol–water partition coefficient (Wildman–Crippen LogP) is 3.64. The fourth-order valence-corrected chi connectivity index (χ4v) is 1.37. The first kappa shape index (κ1) is 23.2. The fraction of sp³-hybridized carbons (Fsp3) is 0.867. The molecule has 4 nitrogen and oxygen atoms in total. The highest BCUT2D eigenvalue weighted by molar-refractivity contribution is 5.77. The van der Waals surface area contributed by atoms with Gasteiger partial charge >= 0.3 is 0 Å². The molecule has 0 saturated heterocycles. The molecule has 0 spiro atoms. The molecule has 0 aromatic rings. The molecule has 0 aliphatic carbocycles. The Morgan fingerprint density at radius 3 is 2.05 bits per heavy atom. The van der Waals surface area contributed by atoms with Gasteiger partial charge in [0.05, 0.1) is 0 Å². The van der Waals surface area contributed by atoms with E-state index in [-0.39, 0.29) is 6.47 Å². The Kier molecular flexibility index (Phi) is 27.2. The third kappa shape index (κ3) is 31.6. The number of hydrogen-bond donors (Lipinski definition) is 2. The van der Waals surface area contributed by atoms with E-state index < -0.39 is 0 Å². The van der Waals surface area contributed by atoms with Crippen LogP contribution in [-0.4, -0.2) is 29.9 Å². The van der Waals surface area contributed by atoms with Crippen LogP contribution in [0.25, 0.3) is 0 Å². The molecule has 0 heterocycles. The van der Waals surface area contributed by atoms with E-state index in [1.54, 1.807) is 0 Å². The van der Waals surface area contributed by atoms with E-state index in [0.29, 0.717) is 18.2 Å². The standard InChI is InChI=1S/C12H25NO.C2H6.CH2O2/c1-4-12(14)9-7-5-6-8-10-13-11(2)3;1-2;2-1-3/h11,13H,4-10H2,1-3H3;1-2H3;1H,(H,2,3). The van der Waals surface area contributed by atoms with Gasteiger partial charge in [-0.15, -0.1) is 0 Å². The quantitative estimate of drug-likeness (QED) is 0.498. The minimum atomic E-state index is -0.250. The Morgan fingerprint density at radius 2 is 1.63 bits per heavy atom. The van der Waals surface area contributed by atoms with E-state index in [2.05, 4.69) is 19.2 Å². The Morgan fingerprint density at radius 1 is 1.16 bits per heavy atom. The van der Waals surface area contributed by atoms with Crippen molar-refractivity contribution < 1.29 is 14.7 Å². The van der Waals surface area contributed by atoms with Crippen LogP contribution in [0.4, 0.5) is 0 Å². The summed E-state index contributed by atoms with van der Waals surface area (Å²) in [6, 6.07) is 0.594. The van der Waals surface area contributed by atoms with E-state index in [1.165, 1.54) is 19.3 Å². The highest BCUT2D eigenvalue weighted by Gasteiger charge is 1.97. The zero-order valence-corrected chi connectivity index (χ0v) is 13.4. The van der Waals surface area contributed by atoms with Gasteiger partial charge in [-0.05, 0) is 19.4 Å². The predicted molar refractivity (Wildman–Crippen MR) is 81.6 cm³/mol. The molecule has 0 aromatic carbocycles. The lowest BCUT2D eigenvalue weighted by atomic mass is 10.1. The summed E-state index contributed by atoms with van der Waals surface area (Å²) in [5, 5.41) is 10.3. The molecular formula is C15H33NO3. The minimum Gasteiger partial charge on any atom is -0.483 e. The Hall–Kier alpha value is -0.900. The molecule has 0 aromatic heterocycles. The Labute approximate surface area is 119 Å². The summed E-state index contributed by atoms with van der Waals surface area (Å²) >= 11 is 0. The maximum absolute atomic E-state index is 11.0. The molecule has 0 aliphatic rings. The molecule has 0 bridgehead atoms. The average molecular weight is 275 g/mol. The molecule has 0 unspecified atom stereocenters. The second-order valence-electron chi connectivity index (χ2n) is 4.27. The molecule has 0 fully saturated rings. The van der Waals surface area contributed by atoms with Gasteiger partial charge in [0, 0.05) is 18.9 Å². The van der Waals surface area contributed by atoms with Gasteiger partial charge in [-0.3, -0.25) is 9.59 Å². The summed E-state index contributed by atoms with van der Waals surface area (Å²) in [5.41, 5.74) is 0. The van der Waals surface area contributed by atoms with E-state index in [4.69, 9.17) is 9.90 Å². The smallest absolute Gasteiger partial charge is 0.290 e. The maximum atomic E-state index is 11.0. The van der Waals surface area contributed by atoms with Gasteiger partial charge in [0.25, 0.3) is 6.47 Å². The summed E-state index contributed by atoms with van der Waals surface area (Å²) in [6.45, 7) is 11.1. The van der Waals surface area contributed by atoms with E-state index in [9.17, 15) is 4.79 Å². The van der Waals surface area contributed by atoms with Crippen LogP contribution in [-0.2, 0) is 9.59 Å². The lowest BCUT2D eigenvalue weighted by Gasteiger charge is -2.07. The van der Waals surface area contributed by atoms with Gasteiger partial charge in [-0.25, -0.2) is 0 Å². The number of hydrogen-bond acceptors (Lipinski definition) is 3. The van der Waals surface area contributed by atoms with Crippen molar-refractivity contribution in [2.45, 2.75) is 79.2 Å². The molecule has 0 atom stereocenters. The highest BCUT2D eigenvalue weighted by Crippen LogP contribution is 2.04. The van der Waals surface area contributed by atoms with Crippen molar-refractivity contribution in [1.82, 2.24) is 5.32 Å². The average Bonchev–Trinajstić information content (AvgIpc) is 2.40.